The first-order valence-corrected chi connectivity index (χ1v) is 21.1. The minimum absolute atomic E-state index is 0. The highest BCUT2D eigenvalue weighted by Crippen LogP contribution is 2.39. The van der Waals surface area contributed by atoms with Crippen LogP contribution in [0.4, 0.5) is 5.69 Å². The van der Waals surface area contributed by atoms with Gasteiger partial charge >= 0.3 is 0 Å². The van der Waals surface area contributed by atoms with Crippen LogP contribution in [0.25, 0.3) is 5.00 Å². The van der Waals surface area contributed by atoms with Gasteiger partial charge < -0.3 is 35.1 Å². The van der Waals surface area contributed by atoms with Crippen LogP contribution in [0.5, 0.6) is 0 Å². The summed E-state index contributed by atoms with van der Waals surface area (Å²) in [5, 5.41) is 19.2. The number of likely N-dealkylation sites (tertiary alicyclic amines) is 1. The molecule has 2 atom stereocenters. The van der Waals surface area contributed by atoms with E-state index in [0.29, 0.717) is 69.1 Å². The Hall–Kier alpha value is -4.65. The van der Waals surface area contributed by atoms with Gasteiger partial charge in [-0.1, -0.05) is 23.7 Å². The van der Waals surface area contributed by atoms with E-state index >= 15 is 0 Å². The average Bonchev–Trinajstić information content (AvgIpc) is 3.86. The third-order valence-electron chi connectivity index (χ3n) is 10.6. The molecule has 1 unspecified atom stereocenters. The van der Waals surface area contributed by atoms with Crippen molar-refractivity contribution in [3.63, 3.8) is 0 Å². The molecule has 0 spiro atoms. The van der Waals surface area contributed by atoms with E-state index in [1.807, 2.05) is 35.8 Å². The summed E-state index contributed by atoms with van der Waals surface area (Å²) in [4.78, 5) is 58.7. The van der Waals surface area contributed by atoms with Crippen LogP contribution in [0.15, 0.2) is 47.5 Å². The minimum atomic E-state index is -0.554. The lowest BCUT2D eigenvalue weighted by molar-refractivity contribution is -0.123. The van der Waals surface area contributed by atoms with Gasteiger partial charge in [-0.3, -0.25) is 28.7 Å². The smallest absolute Gasteiger partial charge is 0.253 e. The lowest BCUT2D eigenvalue weighted by Crippen LogP contribution is -2.49. The number of aromatic nitrogens is 3. The number of carbonyl (C=O) groups excluding carboxylic acids is 4. The van der Waals surface area contributed by atoms with Gasteiger partial charge in [0.15, 0.2) is 5.82 Å². The molecular formula is C42H51ClN8O7S2. The number of aliphatic imine (C=N–C) groups is 1. The maximum absolute atomic E-state index is 13.2. The lowest BCUT2D eigenvalue weighted by atomic mass is 9.99. The highest BCUT2D eigenvalue weighted by Gasteiger charge is 2.33. The summed E-state index contributed by atoms with van der Waals surface area (Å²) in [6, 6.07) is 12.2. The number of ether oxygens (including phenoxy) is 3. The maximum atomic E-state index is 13.2. The van der Waals surface area contributed by atoms with Gasteiger partial charge in [-0.15, -0.1) is 21.5 Å². The van der Waals surface area contributed by atoms with Crippen LogP contribution in [0.2, 0.25) is 5.02 Å². The van der Waals surface area contributed by atoms with Gasteiger partial charge in [-0.2, -0.15) is 13.5 Å². The number of aryl methyl sites for hydroxylation is 2. The summed E-state index contributed by atoms with van der Waals surface area (Å²) in [7, 11) is 0. The number of nitrogens with zero attached hydrogens (tertiary/aromatic N) is 5. The van der Waals surface area contributed by atoms with Gasteiger partial charge in [0.2, 0.25) is 17.7 Å². The highest BCUT2D eigenvalue weighted by atomic mass is 35.5. The van der Waals surface area contributed by atoms with Crippen LogP contribution in [0.1, 0.15) is 80.9 Å². The van der Waals surface area contributed by atoms with Crippen LogP contribution in [0.3, 0.4) is 0 Å². The number of anilines is 1. The normalized spacial score (nSPS) is 16.8. The molecule has 3 aliphatic rings. The molecule has 5 heterocycles. The van der Waals surface area contributed by atoms with Crippen molar-refractivity contribution < 1.29 is 33.4 Å². The summed E-state index contributed by atoms with van der Waals surface area (Å²) >= 11 is 7.88. The van der Waals surface area contributed by atoms with E-state index in [1.165, 1.54) is 4.88 Å². The van der Waals surface area contributed by atoms with Gasteiger partial charge in [0.05, 0.1) is 58.2 Å². The molecule has 1 fully saturated rings. The van der Waals surface area contributed by atoms with Crippen molar-refractivity contribution in [3.05, 3.63) is 91.8 Å². The Bertz CT molecular complexity index is 2230. The van der Waals surface area contributed by atoms with Crippen molar-refractivity contribution in [1.29, 1.82) is 0 Å². The molecular weight excluding hydrogens is 828 g/mol. The Morgan fingerprint density at radius 3 is 2.45 bits per heavy atom. The van der Waals surface area contributed by atoms with Gasteiger partial charge in [0.25, 0.3) is 5.91 Å². The van der Waals surface area contributed by atoms with E-state index in [9.17, 15) is 19.2 Å². The molecule has 2 aromatic heterocycles. The predicted octanol–water partition coefficient (Wildman–Crippen LogP) is 4.77. The Labute approximate surface area is 365 Å². The third-order valence-corrected chi connectivity index (χ3v) is 12.0. The molecule has 15 nitrogen and oxygen atoms in total. The van der Waals surface area contributed by atoms with E-state index in [2.05, 4.69) is 40.0 Å². The quantitative estimate of drug-likeness (QED) is 0.126. The Morgan fingerprint density at radius 2 is 1.68 bits per heavy atom. The zero-order valence-electron chi connectivity index (χ0n) is 34.0. The van der Waals surface area contributed by atoms with Crippen molar-refractivity contribution in [3.8, 4) is 5.00 Å². The standard InChI is InChI=1S/C42H49ClN8O7S.H2S/c1-25-26(2)59-42-38(25)39(28-6-9-31(43)10-7-28)47-34(40-49-48-27(3)51(40)42)23-36(53)44-13-16-57-18-20-58-19-17-56-15-12-35(52)45-32-5-4-14-50(24-32)41(55)29-8-11-33-30(21-29)22-37(54)46-33;/h6-11,21,32,34H,4-5,12-20,22-24H2,1-3H3,(H,44,53)(H,45,52)(H,46,54);1H2/t32?,34-;/m0./s1. The number of hydrogen-bond donors (Lipinski definition) is 3. The number of hydrogen-bond acceptors (Lipinski definition) is 11. The van der Waals surface area contributed by atoms with E-state index in [4.69, 9.17) is 30.8 Å². The number of carbonyl (C=O) groups is 4. The van der Waals surface area contributed by atoms with Crippen LogP contribution in [-0.4, -0.2) is 114 Å². The number of nitrogens with one attached hydrogen (secondary N) is 3. The predicted molar refractivity (Wildman–Crippen MR) is 234 cm³/mol. The molecule has 0 radical (unpaired) electrons. The summed E-state index contributed by atoms with van der Waals surface area (Å²) in [5.41, 5.74) is 5.97. The summed E-state index contributed by atoms with van der Waals surface area (Å²) < 4.78 is 18.9. The fraction of sp³-hybridized carbons (Fsp3) is 0.452. The fourth-order valence-corrected chi connectivity index (χ4v) is 8.81. The SMILES string of the molecule is Cc1sc2c(c1C)C(c1ccc(Cl)cc1)=N[C@@H](CC(=O)NCCOCCOCCOCCC(=O)NC1CCCN(C(=O)c3ccc4c(c3)CC(=O)N4)C1)c1nnc(C)n1-2.S. The van der Waals surface area contributed by atoms with Gasteiger partial charge in [0, 0.05) is 64.4 Å². The van der Waals surface area contributed by atoms with E-state index in [1.54, 1.807) is 34.4 Å². The third kappa shape index (κ3) is 10.8. The first kappa shape index (κ1) is 44.9. The molecule has 0 bridgehead atoms. The molecule has 0 saturated carbocycles. The topological polar surface area (TPSA) is 178 Å². The second kappa shape index (κ2) is 20.7. The van der Waals surface area contributed by atoms with Gasteiger partial charge in [-0.25, -0.2) is 0 Å². The fourth-order valence-electron chi connectivity index (χ4n) is 7.47. The molecule has 2 aromatic carbocycles. The number of amides is 4. The lowest BCUT2D eigenvalue weighted by Gasteiger charge is -2.33. The van der Waals surface area contributed by atoms with Crippen molar-refractivity contribution in [2.75, 3.05) is 64.6 Å². The van der Waals surface area contributed by atoms with Gasteiger partial charge in [0.1, 0.15) is 16.9 Å². The zero-order valence-corrected chi connectivity index (χ0v) is 36.5. The molecule has 7 rings (SSSR count). The maximum Gasteiger partial charge on any atom is 0.253 e. The molecule has 1 saturated heterocycles. The number of fused-ring (bicyclic) bond motifs is 4. The minimum Gasteiger partial charge on any atom is -0.379 e. The molecule has 4 aromatic rings. The molecule has 0 aliphatic carbocycles. The first-order valence-electron chi connectivity index (χ1n) is 19.9. The molecule has 3 aliphatic heterocycles. The van der Waals surface area contributed by atoms with E-state index in [0.717, 1.165) is 57.3 Å². The molecule has 4 amide bonds. The highest BCUT2D eigenvalue weighted by molar-refractivity contribution is 7.59. The average molecular weight is 880 g/mol. The largest absolute Gasteiger partial charge is 0.379 e. The summed E-state index contributed by atoms with van der Waals surface area (Å²) in [6.45, 7) is 9.44. The van der Waals surface area contributed by atoms with Gasteiger partial charge in [-0.05, 0) is 75.1 Å². The van der Waals surface area contributed by atoms with Crippen molar-refractivity contribution in [2.24, 2.45) is 4.99 Å². The number of thiophene rings is 1. The number of rotatable bonds is 17. The van der Waals surface area contributed by atoms with Crippen LogP contribution in [0, 0.1) is 20.8 Å². The Kier molecular flexibility index (Phi) is 15.5. The number of piperidine rings is 1. The molecule has 320 valence electrons. The Morgan fingerprint density at radius 1 is 0.950 bits per heavy atom. The second-order valence-corrected chi connectivity index (χ2v) is 16.4. The van der Waals surface area contributed by atoms with Crippen molar-refractivity contribution in [1.82, 2.24) is 30.3 Å². The van der Waals surface area contributed by atoms with Crippen molar-refractivity contribution >= 4 is 71.5 Å². The van der Waals surface area contributed by atoms with Crippen molar-refractivity contribution in [2.45, 2.75) is 65.0 Å². The summed E-state index contributed by atoms with van der Waals surface area (Å²) in [5.74, 6) is 0.882. The van der Waals surface area contributed by atoms with E-state index in [-0.39, 0.29) is 69.0 Å². The summed E-state index contributed by atoms with van der Waals surface area (Å²) in [6.07, 6.45) is 2.16. The second-order valence-electron chi connectivity index (χ2n) is 14.8. The van der Waals surface area contributed by atoms with E-state index < -0.39 is 6.04 Å². The molecule has 60 heavy (non-hydrogen) atoms. The van der Waals surface area contributed by atoms with Crippen LogP contribution in [-0.2, 0) is 35.0 Å². The molecule has 18 heteroatoms. The van der Waals surface area contributed by atoms with Crippen LogP contribution >= 0.6 is 36.4 Å². The number of benzene rings is 2. The monoisotopic (exact) mass is 878 g/mol. The van der Waals surface area contributed by atoms with Crippen LogP contribution < -0.4 is 16.0 Å². The Balaban J connectivity index is 0.00000604. The number of halogens is 1. The molecule has 3 N–H and O–H groups in total. The zero-order chi connectivity index (χ0) is 41.5. The first-order chi connectivity index (χ1) is 28.5.